The summed E-state index contributed by atoms with van der Waals surface area (Å²) < 4.78 is 5.77. The molecule has 4 heteroatoms. The van der Waals surface area contributed by atoms with Crippen molar-refractivity contribution < 1.29 is 14.6 Å². The first-order valence-electron chi connectivity index (χ1n) is 8.08. The number of aliphatic carboxylic acids is 1. The maximum Gasteiger partial charge on any atom is 0.320 e. The Morgan fingerprint density at radius 1 is 1.27 bits per heavy atom. The average molecular weight is 305 g/mol. The molecule has 1 unspecified atom stereocenters. The van der Waals surface area contributed by atoms with E-state index in [4.69, 9.17) is 4.74 Å². The summed E-state index contributed by atoms with van der Waals surface area (Å²) in [7, 11) is 0. The molecular formula is C18H27NO3. The molecule has 1 aliphatic heterocycles. The number of ether oxygens (including phenoxy) is 1. The van der Waals surface area contributed by atoms with Crippen LogP contribution in [0.2, 0.25) is 0 Å². The van der Waals surface area contributed by atoms with E-state index in [0.717, 1.165) is 31.6 Å². The van der Waals surface area contributed by atoms with Gasteiger partial charge < -0.3 is 9.84 Å². The molecular weight excluding hydrogens is 278 g/mol. The number of carboxylic acids is 1. The van der Waals surface area contributed by atoms with E-state index in [1.807, 2.05) is 17.0 Å². The van der Waals surface area contributed by atoms with E-state index in [9.17, 15) is 9.90 Å². The number of nitrogens with zero attached hydrogens (tertiary/aromatic N) is 1. The van der Waals surface area contributed by atoms with Gasteiger partial charge in [-0.2, -0.15) is 0 Å². The van der Waals surface area contributed by atoms with Crippen LogP contribution >= 0.6 is 0 Å². The third-order valence-electron chi connectivity index (χ3n) is 4.27. The number of carboxylic acid groups (broad SMARTS) is 1. The van der Waals surface area contributed by atoms with Crippen LogP contribution in [0.5, 0.6) is 5.75 Å². The van der Waals surface area contributed by atoms with Gasteiger partial charge in [0.1, 0.15) is 18.4 Å². The van der Waals surface area contributed by atoms with Crippen molar-refractivity contribution in [3.05, 3.63) is 29.8 Å². The Kier molecular flexibility index (Phi) is 5.46. The normalized spacial score (nSPS) is 19.9. The van der Waals surface area contributed by atoms with Crippen LogP contribution in [0, 0.1) is 0 Å². The van der Waals surface area contributed by atoms with E-state index in [1.165, 1.54) is 5.56 Å². The summed E-state index contributed by atoms with van der Waals surface area (Å²) >= 11 is 0. The van der Waals surface area contributed by atoms with E-state index in [0.29, 0.717) is 13.2 Å². The van der Waals surface area contributed by atoms with Crippen molar-refractivity contribution in [2.24, 2.45) is 0 Å². The Hall–Kier alpha value is -1.55. The van der Waals surface area contributed by atoms with Gasteiger partial charge in [0.05, 0.1) is 0 Å². The van der Waals surface area contributed by atoms with Gasteiger partial charge in [0, 0.05) is 6.54 Å². The molecule has 1 fully saturated rings. The molecule has 0 amide bonds. The number of rotatable bonds is 5. The first-order valence-corrected chi connectivity index (χ1v) is 8.08. The maximum atomic E-state index is 11.2. The van der Waals surface area contributed by atoms with Crippen molar-refractivity contribution in [3.63, 3.8) is 0 Å². The van der Waals surface area contributed by atoms with Crippen molar-refractivity contribution in [2.75, 3.05) is 19.7 Å². The highest BCUT2D eigenvalue weighted by Crippen LogP contribution is 2.24. The molecule has 1 aliphatic rings. The van der Waals surface area contributed by atoms with Crippen LogP contribution in [-0.4, -0.2) is 41.7 Å². The summed E-state index contributed by atoms with van der Waals surface area (Å²) in [4.78, 5) is 13.3. The zero-order valence-electron chi connectivity index (χ0n) is 13.8. The minimum Gasteiger partial charge on any atom is -0.492 e. The first kappa shape index (κ1) is 16.8. The Morgan fingerprint density at radius 2 is 1.95 bits per heavy atom. The third-order valence-corrected chi connectivity index (χ3v) is 4.27. The third kappa shape index (κ3) is 4.47. The molecule has 22 heavy (non-hydrogen) atoms. The molecule has 1 saturated heterocycles. The average Bonchev–Trinajstić information content (AvgIpc) is 2.47. The molecule has 4 nitrogen and oxygen atoms in total. The largest absolute Gasteiger partial charge is 0.492 e. The lowest BCUT2D eigenvalue weighted by Crippen LogP contribution is -2.46. The second-order valence-corrected chi connectivity index (χ2v) is 7.01. The predicted octanol–water partition coefficient (Wildman–Crippen LogP) is 3.30. The van der Waals surface area contributed by atoms with Gasteiger partial charge in [-0.15, -0.1) is 0 Å². The molecule has 122 valence electrons. The van der Waals surface area contributed by atoms with Crippen LogP contribution in [0.15, 0.2) is 24.3 Å². The van der Waals surface area contributed by atoms with E-state index in [-0.39, 0.29) is 11.5 Å². The van der Waals surface area contributed by atoms with Gasteiger partial charge >= 0.3 is 5.97 Å². The molecule has 1 N–H and O–H groups in total. The van der Waals surface area contributed by atoms with Crippen molar-refractivity contribution >= 4 is 5.97 Å². The maximum absolute atomic E-state index is 11.2. The quantitative estimate of drug-likeness (QED) is 0.907. The number of carbonyl (C=O) groups is 1. The SMILES string of the molecule is CC(C)(C)c1ccc(OCCN2CCCCC2C(=O)O)cc1. The number of likely N-dealkylation sites (tertiary alicyclic amines) is 1. The fourth-order valence-corrected chi connectivity index (χ4v) is 2.87. The molecule has 0 aliphatic carbocycles. The molecule has 1 heterocycles. The lowest BCUT2D eigenvalue weighted by Gasteiger charge is -2.32. The number of benzene rings is 1. The van der Waals surface area contributed by atoms with E-state index < -0.39 is 5.97 Å². The Balaban J connectivity index is 1.84. The molecule has 2 rings (SSSR count). The monoisotopic (exact) mass is 305 g/mol. The lowest BCUT2D eigenvalue weighted by atomic mass is 9.87. The second-order valence-electron chi connectivity index (χ2n) is 7.01. The van der Waals surface area contributed by atoms with Crippen LogP contribution in [-0.2, 0) is 10.2 Å². The summed E-state index contributed by atoms with van der Waals surface area (Å²) in [5.74, 6) is 0.131. The van der Waals surface area contributed by atoms with E-state index in [1.54, 1.807) is 0 Å². The molecule has 1 aromatic rings. The second kappa shape index (κ2) is 7.14. The van der Waals surface area contributed by atoms with Crippen molar-refractivity contribution in [1.82, 2.24) is 4.90 Å². The molecule has 1 aromatic carbocycles. The van der Waals surface area contributed by atoms with E-state index in [2.05, 4.69) is 32.9 Å². The summed E-state index contributed by atoms with van der Waals surface area (Å²) in [6, 6.07) is 7.82. The highest BCUT2D eigenvalue weighted by atomic mass is 16.5. The van der Waals surface area contributed by atoms with Crippen molar-refractivity contribution in [2.45, 2.75) is 51.5 Å². The predicted molar refractivity (Wildman–Crippen MR) is 87.5 cm³/mol. The fraction of sp³-hybridized carbons (Fsp3) is 0.611. The van der Waals surface area contributed by atoms with Crippen LogP contribution in [0.3, 0.4) is 0 Å². The number of hydrogen-bond acceptors (Lipinski definition) is 3. The van der Waals surface area contributed by atoms with Gasteiger partial charge in [-0.3, -0.25) is 9.69 Å². The summed E-state index contributed by atoms with van der Waals surface area (Å²) in [5.41, 5.74) is 1.42. The van der Waals surface area contributed by atoms with Crippen LogP contribution in [0.25, 0.3) is 0 Å². The van der Waals surface area contributed by atoms with Crippen LogP contribution in [0.4, 0.5) is 0 Å². The van der Waals surface area contributed by atoms with Crippen molar-refractivity contribution in [3.8, 4) is 5.75 Å². The topological polar surface area (TPSA) is 49.8 Å². The van der Waals surface area contributed by atoms with E-state index >= 15 is 0 Å². The van der Waals surface area contributed by atoms with Gasteiger partial charge in [-0.1, -0.05) is 39.3 Å². The molecule has 0 spiro atoms. The minimum atomic E-state index is -0.714. The van der Waals surface area contributed by atoms with Gasteiger partial charge in [0.15, 0.2) is 0 Å². The molecule has 0 aromatic heterocycles. The van der Waals surface area contributed by atoms with Gasteiger partial charge in [0.25, 0.3) is 0 Å². The fourth-order valence-electron chi connectivity index (χ4n) is 2.87. The molecule has 0 radical (unpaired) electrons. The standard InChI is InChI=1S/C18H27NO3/c1-18(2,3)14-7-9-15(10-8-14)22-13-12-19-11-5-4-6-16(19)17(20)21/h7-10,16H,4-6,11-13H2,1-3H3,(H,20,21). The number of hydrogen-bond donors (Lipinski definition) is 1. The Bertz CT molecular complexity index is 490. The van der Waals surface area contributed by atoms with Crippen molar-refractivity contribution in [1.29, 1.82) is 0 Å². The molecule has 0 bridgehead atoms. The zero-order valence-corrected chi connectivity index (χ0v) is 13.8. The van der Waals surface area contributed by atoms with Gasteiger partial charge in [0.2, 0.25) is 0 Å². The van der Waals surface area contributed by atoms with Crippen LogP contribution in [0.1, 0.15) is 45.6 Å². The Labute approximate surface area is 133 Å². The lowest BCUT2D eigenvalue weighted by molar-refractivity contribution is -0.144. The summed E-state index contributed by atoms with van der Waals surface area (Å²) in [5, 5.41) is 9.25. The first-order chi connectivity index (χ1) is 10.4. The minimum absolute atomic E-state index is 0.140. The Morgan fingerprint density at radius 3 is 2.55 bits per heavy atom. The summed E-state index contributed by atoms with van der Waals surface area (Å²) in [6.45, 7) is 8.60. The molecule has 0 saturated carbocycles. The highest BCUT2D eigenvalue weighted by Gasteiger charge is 2.27. The molecule has 1 atom stereocenters. The van der Waals surface area contributed by atoms with Crippen LogP contribution < -0.4 is 4.74 Å². The highest BCUT2D eigenvalue weighted by molar-refractivity contribution is 5.73. The summed E-state index contributed by atoms with van der Waals surface area (Å²) in [6.07, 6.45) is 2.82. The van der Waals surface area contributed by atoms with Gasteiger partial charge in [-0.05, 0) is 42.5 Å². The zero-order chi connectivity index (χ0) is 16.2. The smallest absolute Gasteiger partial charge is 0.320 e. The van der Waals surface area contributed by atoms with Gasteiger partial charge in [-0.25, -0.2) is 0 Å². The number of piperidine rings is 1.